The molecule has 0 bridgehead atoms. The van der Waals surface area contributed by atoms with Gasteiger partial charge in [-0.25, -0.2) is 0 Å². The zero-order chi connectivity index (χ0) is 17.4. The number of nitrogens with one attached hydrogen (secondary N) is 1. The molecule has 1 amide bonds. The number of nitrogens with zero attached hydrogens (tertiary/aromatic N) is 1. The van der Waals surface area contributed by atoms with Crippen molar-refractivity contribution in [3.63, 3.8) is 0 Å². The molecule has 1 aromatic carbocycles. The van der Waals surface area contributed by atoms with Crippen LogP contribution in [0.1, 0.15) is 50.4 Å². The fourth-order valence-electron chi connectivity index (χ4n) is 3.00. The van der Waals surface area contributed by atoms with E-state index in [1.165, 1.54) is 0 Å². The van der Waals surface area contributed by atoms with E-state index >= 15 is 0 Å². The number of carbonyl (C=O) groups excluding carboxylic acids is 1. The highest BCUT2D eigenvalue weighted by molar-refractivity contribution is 5.95. The van der Waals surface area contributed by atoms with Crippen molar-refractivity contribution in [2.75, 3.05) is 32.8 Å². The molecule has 1 atom stereocenters. The molecule has 0 spiro atoms. The first-order chi connectivity index (χ1) is 11.7. The molecule has 134 valence electrons. The van der Waals surface area contributed by atoms with Crippen LogP contribution in [-0.2, 0) is 0 Å². The van der Waals surface area contributed by atoms with Crippen molar-refractivity contribution in [2.24, 2.45) is 0 Å². The highest BCUT2D eigenvalue weighted by atomic mass is 16.5. The van der Waals surface area contributed by atoms with E-state index in [1.807, 2.05) is 30.0 Å². The van der Waals surface area contributed by atoms with Crippen molar-refractivity contribution in [1.82, 2.24) is 10.2 Å². The summed E-state index contributed by atoms with van der Waals surface area (Å²) in [7, 11) is 0. The van der Waals surface area contributed by atoms with Crippen LogP contribution < -0.4 is 14.8 Å². The molecule has 0 radical (unpaired) electrons. The summed E-state index contributed by atoms with van der Waals surface area (Å²) in [4.78, 5) is 15.0. The van der Waals surface area contributed by atoms with Crippen molar-refractivity contribution in [3.05, 3.63) is 23.8 Å². The minimum Gasteiger partial charge on any atom is -0.490 e. The van der Waals surface area contributed by atoms with Gasteiger partial charge in [0.15, 0.2) is 11.5 Å². The predicted octanol–water partition coefficient (Wildman–Crippen LogP) is 3.09. The van der Waals surface area contributed by atoms with Crippen LogP contribution in [0.4, 0.5) is 0 Å². The van der Waals surface area contributed by atoms with Crippen LogP contribution in [0.5, 0.6) is 11.5 Å². The van der Waals surface area contributed by atoms with Crippen LogP contribution >= 0.6 is 0 Å². The maximum atomic E-state index is 13.0. The molecule has 1 aromatic rings. The third-order valence-electron chi connectivity index (χ3n) is 4.15. The summed E-state index contributed by atoms with van der Waals surface area (Å²) in [5, 5.41) is 3.34. The first-order valence-corrected chi connectivity index (χ1v) is 9.12. The third-order valence-corrected chi connectivity index (χ3v) is 4.15. The molecule has 1 aliphatic heterocycles. The highest BCUT2D eigenvalue weighted by Gasteiger charge is 2.27. The lowest BCUT2D eigenvalue weighted by molar-refractivity contribution is 0.0691. The molecule has 1 fully saturated rings. The zero-order valence-corrected chi connectivity index (χ0v) is 15.1. The largest absolute Gasteiger partial charge is 0.490 e. The van der Waals surface area contributed by atoms with Crippen molar-refractivity contribution < 1.29 is 14.3 Å². The second-order valence-corrected chi connectivity index (χ2v) is 6.09. The molecule has 1 aliphatic rings. The van der Waals surface area contributed by atoms with E-state index in [0.717, 1.165) is 38.9 Å². The van der Waals surface area contributed by atoms with Gasteiger partial charge in [0.1, 0.15) is 0 Å². The number of carbonyl (C=O) groups is 1. The normalized spacial score (nSPS) is 16.9. The number of ether oxygens (including phenoxy) is 2. The predicted molar refractivity (Wildman–Crippen MR) is 96.0 cm³/mol. The number of hydrogen-bond donors (Lipinski definition) is 1. The van der Waals surface area contributed by atoms with E-state index in [4.69, 9.17) is 9.47 Å². The Kier molecular flexibility index (Phi) is 7.37. The summed E-state index contributed by atoms with van der Waals surface area (Å²) < 4.78 is 11.4. The summed E-state index contributed by atoms with van der Waals surface area (Å²) in [6.45, 7) is 9.93. The second kappa shape index (κ2) is 9.52. The fourth-order valence-corrected chi connectivity index (χ4v) is 3.00. The Morgan fingerprint density at radius 3 is 2.67 bits per heavy atom. The molecule has 5 heteroatoms. The number of amides is 1. The summed E-state index contributed by atoms with van der Waals surface area (Å²) in [5.41, 5.74) is 0.669. The van der Waals surface area contributed by atoms with Gasteiger partial charge in [0, 0.05) is 24.7 Å². The average molecular weight is 334 g/mol. The molecule has 1 saturated heterocycles. The molecule has 0 aromatic heterocycles. The first kappa shape index (κ1) is 18.6. The van der Waals surface area contributed by atoms with Crippen LogP contribution in [0.3, 0.4) is 0 Å². The Morgan fingerprint density at radius 2 is 2.04 bits per heavy atom. The van der Waals surface area contributed by atoms with Crippen molar-refractivity contribution in [2.45, 2.75) is 46.1 Å². The molecular weight excluding hydrogens is 304 g/mol. The topological polar surface area (TPSA) is 50.8 Å². The lowest BCUT2D eigenvalue weighted by atomic mass is 10.1. The van der Waals surface area contributed by atoms with Gasteiger partial charge in [0.05, 0.1) is 13.2 Å². The maximum absolute atomic E-state index is 13.0. The summed E-state index contributed by atoms with van der Waals surface area (Å²) in [6.07, 6.45) is 2.91. The Balaban J connectivity index is 2.21. The standard InChI is InChI=1S/C19H30N2O3/c1-4-11-21(16-9-10-20-14-16)19(22)15-7-8-17(24-12-5-2)18(13-15)23-6-3/h7-8,13,16,20H,4-6,9-12,14H2,1-3H3. The maximum Gasteiger partial charge on any atom is 0.254 e. The Labute approximate surface area is 145 Å². The lowest BCUT2D eigenvalue weighted by Gasteiger charge is -2.28. The van der Waals surface area contributed by atoms with Crippen LogP contribution in [0.2, 0.25) is 0 Å². The molecule has 5 nitrogen and oxygen atoms in total. The van der Waals surface area contributed by atoms with Crippen molar-refractivity contribution in [1.29, 1.82) is 0 Å². The van der Waals surface area contributed by atoms with Gasteiger partial charge in [-0.3, -0.25) is 4.79 Å². The molecule has 0 saturated carbocycles. The number of rotatable bonds is 9. The van der Waals surface area contributed by atoms with Gasteiger partial charge >= 0.3 is 0 Å². The van der Waals surface area contributed by atoms with Crippen LogP contribution in [0.25, 0.3) is 0 Å². The van der Waals surface area contributed by atoms with Gasteiger partial charge in [0.25, 0.3) is 5.91 Å². The van der Waals surface area contributed by atoms with Crippen LogP contribution in [-0.4, -0.2) is 49.7 Å². The van der Waals surface area contributed by atoms with E-state index < -0.39 is 0 Å². The van der Waals surface area contributed by atoms with Crippen LogP contribution in [0, 0.1) is 0 Å². The highest BCUT2D eigenvalue weighted by Crippen LogP contribution is 2.29. The van der Waals surface area contributed by atoms with Gasteiger partial charge in [-0.1, -0.05) is 13.8 Å². The van der Waals surface area contributed by atoms with Gasteiger partial charge in [0.2, 0.25) is 0 Å². The molecule has 2 rings (SSSR count). The molecule has 1 N–H and O–H groups in total. The smallest absolute Gasteiger partial charge is 0.254 e. The Bertz CT molecular complexity index is 527. The monoisotopic (exact) mass is 334 g/mol. The summed E-state index contributed by atoms with van der Waals surface area (Å²) in [5.74, 6) is 1.44. The Morgan fingerprint density at radius 1 is 1.21 bits per heavy atom. The van der Waals surface area contributed by atoms with E-state index in [0.29, 0.717) is 30.3 Å². The molecule has 0 aliphatic carbocycles. The fraction of sp³-hybridized carbons (Fsp3) is 0.632. The SMILES string of the molecule is CCCOc1ccc(C(=O)N(CCC)C2CCNC2)cc1OCC. The zero-order valence-electron chi connectivity index (χ0n) is 15.1. The lowest BCUT2D eigenvalue weighted by Crippen LogP contribution is -2.42. The molecule has 1 heterocycles. The van der Waals surface area contributed by atoms with Gasteiger partial charge < -0.3 is 19.7 Å². The van der Waals surface area contributed by atoms with Gasteiger partial charge in [-0.15, -0.1) is 0 Å². The molecule has 24 heavy (non-hydrogen) atoms. The molecule has 1 unspecified atom stereocenters. The average Bonchev–Trinajstić information content (AvgIpc) is 3.12. The summed E-state index contributed by atoms with van der Waals surface area (Å²) in [6, 6.07) is 5.80. The van der Waals surface area contributed by atoms with Crippen LogP contribution in [0.15, 0.2) is 18.2 Å². The minimum atomic E-state index is 0.0774. The quantitative estimate of drug-likeness (QED) is 0.754. The summed E-state index contributed by atoms with van der Waals surface area (Å²) >= 11 is 0. The molecular formula is C19H30N2O3. The van der Waals surface area contributed by atoms with Gasteiger partial charge in [-0.2, -0.15) is 0 Å². The van der Waals surface area contributed by atoms with E-state index in [-0.39, 0.29) is 11.9 Å². The Hall–Kier alpha value is -1.75. The second-order valence-electron chi connectivity index (χ2n) is 6.09. The first-order valence-electron chi connectivity index (χ1n) is 9.12. The van der Waals surface area contributed by atoms with E-state index in [2.05, 4.69) is 19.2 Å². The van der Waals surface area contributed by atoms with Crippen molar-refractivity contribution in [3.8, 4) is 11.5 Å². The van der Waals surface area contributed by atoms with E-state index in [9.17, 15) is 4.79 Å². The minimum absolute atomic E-state index is 0.0774. The number of benzene rings is 1. The van der Waals surface area contributed by atoms with E-state index in [1.54, 1.807) is 0 Å². The van der Waals surface area contributed by atoms with Gasteiger partial charge in [-0.05, 0) is 50.9 Å². The number of hydrogen-bond acceptors (Lipinski definition) is 4. The van der Waals surface area contributed by atoms with Crippen molar-refractivity contribution >= 4 is 5.91 Å². The third kappa shape index (κ3) is 4.63.